The average Bonchev–Trinajstić information content (AvgIpc) is 2.29. The van der Waals surface area contributed by atoms with Crippen molar-refractivity contribution in [3.05, 3.63) is 35.1 Å². The van der Waals surface area contributed by atoms with Gasteiger partial charge in [-0.25, -0.2) is 13.2 Å². The molecule has 0 atom stereocenters. The molecule has 0 unspecified atom stereocenters. The molecular formula is C13H19F3N2. The molecule has 0 aliphatic heterocycles. The summed E-state index contributed by atoms with van der Waals surface area (Å²) >= 11 is 0. The van der Waals surface area contributed by atoms with Gasteiger partial charge in [0.2, 0.25) is 0 Å². The summed E-state index contributed by atoms with van der Waals surface area (Å²) in [6, 6.07) is 4.81. The van der Waals surface area contributed by atoms with Gasteiger partial charge in [0.1, 0.15) is 5.82 Å². The summed E-state index contributed by atoms with van der Waals surface area (Å²) in [6.45, 7) is 3.31. The van der Waals surface area contributed by atoms with Crippen molar-refractivity contribution >= 4 is 0 Å². The lowest BCUT2D eigenvalue weighted by atomic mass is 10.1. The summed E-state index contributed by atoms with van der Waals surface area (Å²) < 4.78 is 37.9. The lowest BCUT2D eigenvalue weighted by Crippen LogP contribution is -2.24. The van der Waals surface area contributed by atoms with Gasteiger partial charge in [-0.2, -0.15) is 0 Å². The van der Waals surface area contributed by atoms with E-state index in [-0.39, 0.29) is 18.9 Å². The van der Waals surface area contributed by atoms with Gasteiger partial charge in [0.25, 0.3) is 6.43 Å². The van der Waals surface area contributed by atoms with Gasteiger partial charge in [0, 0.05) is 18.7 Å². The van der Waals surface area contributed by atoms with Crippen molar-refractivity contribution in [2.24, 2.45) is 0 Å². The van der Waals surface area contributed by atoms with Crippen LogP contribution in [0.4, 0.5) is 13.2 Å². The standard InChI is InChI=1S/C13H19F3N2/c1-3-17-7-10-4-5-12(14)11(6-10)8-18(2)9-13(15)16/h4-6,13,17H,3,7-9H2,1-2H3. The maximum absolute atomic E-state index is 13.6. The Morgan fingerprint density at radius 2 is 2.06 bits per heavy atom. The highest BCUT2D eigenvalue weighted by Crippen LogP contribution is 2.13. The minimum atomic E-state index is -2.40. The maximum atomic E-state index is 13.6. The van der Waals surface area contributed by atoms with Crippen molar-refractivity contribution in [3.63, 3.8) is 0 Å². The van der Waals surface area contributed by atoms with Gasteiger partial charge in [-0.1, -0.05) is 19.1 Å². The quantitative estimate of drug-likeness (QED) is 0.810. The summed E-state index contributed by atoms with van der Waals surface area (Å²) in [7, 11) is 1.56. The highest BCUT2D eigenvalue weighted by atomic mass is 19.3. The van der Waals surface area contributed by atoms with Crippen LogP contribution in [0.2, 0.25) is 0 Å². The van der Waals surface area contributed by atoms with E-state index in [4.69, 9.17) is 0 Å². The Hall–Kier alpha value is -1.07. The Bertz CT molecular complexity index is 369. The highest BCUT2D eigenvalue weighted by molar-refractivity contribution is 5.25. The lowest BCUT2D eigenvalue weighted by molar-refractivity contribution is 0.0970. The number of benzene rings is 1. The molecule has 2 nitrogen and oxygen atoms in total. The number of nitrogens with zero attached hydrogens (tertiary/aromatic N) is 1. The van der Waals surface area contributed by atoms with E-state index in [0.717, 1.165) is 12.1 Å². The molecule has 5 heteroatoms. The molecule has 1 rings (SSSR count). The van der Waals surface area contributed by atoms with Gasteiger partial charge in [-0.3, -0.25) is 4.90 Å². The van der Waals surface area contributed by atoms with Crippen LogP contribution in [-0.4, -0.2) is 31.5 Å². The van der Waals surface area contributed by atoms with Crippen LogP contribution in [0.25, 0.3) is 0 Å². The van der Waals surface area contributed by atoms with Gasteiger partial charge in [0.15, 0.2) is 0 Å². The van der Waals surface area contributed by atoms with Crippen molar-refractivity contribution in [2.45, 2.75) is 26.4 Å². The first-order valence-corrected chi connectivity index (χ1v) is 5.97. The van der Waals surface area contributed by atoms with Crippen molar-refractivity contribution < 1.29 is 13.2 Å². The molecule has 0 amide bonds. The fourth-order valence-corrected chi connectivity index (χ4v) is 1.72. The monoisotopic (exact) mass is 260 g/mol. The van der Waals surface area contributed by atoms with Gasteiger partial charge in [0.05, 0.1) is 6.54 Å². The van der Waals surface area contributed by atoms with Crippen LogP contribution in [0.5, 0.6) is 0 Å². The van der Waals surface area contributed by atoms with Crippen LogP contribution in [0.1, 0.15) is 18.1 Å². The summed E-state index contributed by atoms with van der Waals surface area (Å²) in [4.78, 5) is 1.42. The fourth-order valence-electron chi connectivity index (χ4n) is 1.72. The predicted octanol–water partition coefficient (Wildman–Crippen LogP) is 2.63. The topological polar surface area (TPSA) is 15.3 Å². The Kier molecular flexibility index (Phi) is 6.15. The van der Waals surface area contributed by atoms with Crippen LogP contribution >= 0.6 is 0 Å². The zero-order valence-corrected chi connectivity index (χ0v) is 10.7. The molecule has 0 bridgehead atoms. The van der Waals surface area contributed by atoms with E-state index in [1.165, 1.54) is 11.0 Å². The first-order valence-electron chi connectivity index (χ1n) is 5.97. The Labute approximate surface area is 106 Å². The minimum Gasteiger partial charge on any atom is -0.313 e. The lowest BCUT2D eigenvalue weighted by Gasteiger charge is -2.17. The molecule has 1 aromatic rings. The van der Waals surface area contributed by atoms with Crippen LogP contribution in [-0.2, 0) is 13.1 Å². The van der Waals surface area contributed by atoms with E-state index in [0.29, 0.717) is 12.1 Å². The van der Waals surface area contributed by atoms with E-state index in [1.54, 1.807) is 19.2 Å². The summed E-state index contributed by atoms with van der Waals surface area (Å²) in [5.41, 5.74) is 1.41. The molecule has 0 fully saturated rings. The Morgan fingerprint density at radius 1 is 1.33 bits per heavy atom. The zero-order valence-electron chi connectivity index (χ0n) is 10.7. The fraction of sp³-hybridized carbons (Fsp3) is 0.538. The van der Waals surface area contributed by atoms with Crippen molar-refractivity contribution in [1.82, 2.24) is 10.2 Å². The second-order valence-electron chi connectivity index (χ2n) is 4.29. The molecule has 102 valence electrons. The van der Waals surface area contributed by atoms with Gasteiger partial charge >= 0.3 is 0 Å². The normalized spacial score (nSPS) is 11.5. The van der Waals surface area contributed by atoms with Crippen LogP contribution in [0, 0.1) is 5.82 Å². The number of nitrogens with one attached hydrogen (secondary N) is 1. The minimum absolute atomic E-state index is 0.191. The molecule has 18 heavy (non-hydrogen) atoms. The van der Waals surface area contributed by atoms with E-state index >= 15 is 0 Å². The molecule has 1 aromatic carbocycles. The average molecular weight is 260 g/mol. The van der Waals surface area contributed by atoms with Gasteiger partial charge < -0.3 is 5.32 Å². The predicted molar refractivity (Wildman–Crippen MR) is 66.1 cm³/mol. The molecule has 0 saturated carbocycles. The summed E-state index contributed by atoms with van der Waals surface area (Å²) in [6.07, 6.45) is -2.40. The molecule has 0 radical (unpaired) electrons. The molecule has 0 aliphatic rings. The number of hydrogen-bond acceptors (Lipinski definition) is 2. The Morgan fingerprint density at radius 3 is 2.67 bits per heavy atom. The first-order chi connectivity index (χ1) is 8.52. The zero-order chi connectivity index (χ0) is 13.5. The summed E-state index contributed by atoms with van der Waals surface area (Å²) in [5.74, 6) is -0.351. The van der Waals surface area contributed by atoms with Crippen molar-refractivity contribution in [1.29, 1.82) is 0 Å². The second-order valence-corrected chi connectivity index (χ2v) is 4.29. The third kappa shape index (κ3) is 5.06. The van der Waals surface area contributed by atoms with Crippen LogP contribution in [0.15, 0.2) is 18.2 Å². The molecule has 0 heterocycles. The van der Waals surface area contributed by atoms with E-state index in [1.807, 2.05) is 6.92 Å². The largest absolute Gasteiger partial charge is 0.313 e. The van der Waals surface area contributed by atoms with Gasteiger partial charge in [-0.15, -0.1) is 0 Å². The van der Waals surface area contributed by atoms with E-state index in [9.17, 15) is 13.2 Å². The molecule has 1 N–H and O–H groups in total. The molecule has 0 saturated heterocycles. The first kappa shape index (κ1) is 15.0. The van der Waals surface area contributed by atoms with E-state index < -0.39 is 6.43 Å². The molecular weight excluding hydrogens is 241 g/mol. The number of rotatable bonds is 7. The Balaban J connectivity index is 2.68. The molecule has 0 spiro atoms. The number of hydrogen-bond donors (Lipinski definition) is 1. The summed E-state index contributed by atoms with van der Waals surface area (Å²) in [5, 5.41) is 3.14. The smallest absolute Gasteiger partial charge is 0.251 e. The second kappa shape index (κ2) is 7.38. The van der Waals surface area contributed by atoms with Gasteiger partial charge in [-0.05, 0) is 25.2 Å². The highest BCUT2D eigenvalue weighted by Gasteiger charge is 2.11. The van der Waals surface area contributed by atoms with Crippen LogP contribution in [0.3, 0.4) is 0 Å². The number of halogens is 3. The maximum Gasteiger partial charge on any atom is 0.251 e. The third-order valence-corrected chi connectivity index (χ3v) is 2.58. The van der Waals surface area contributed by atoms with Crippen molar-refractivity contribution in [3.8, 4) is 0 Å². The van der Waals surface area contributed by atoms with E-state index in [2.05, 4.69) is 5.32 Å². The number of alkyl halides is 2. The SMILES string of the molecule is CCNCc1ccc(F)c(CN(C)CC(F)F)c1. The molecule has 0 aliphatic carbocycles. The molecule has 0 aromatic heterocycles. The van der Waals surface area contributed by atoms with Crippen molar-refractivity contribution in [2.75, 3.05) is 20.1 Å². The third-order valence-electron chi connectivity index (χ3n) is 2.58. The van der Waals surface area contributed by atoms with Crippen LogP contribution < -0.4 is 5.32 Å².